The summed E-state index contributed by atoms with van der Waals surface area (Å²) >= 11 is 0. The lowest BCUT2D eigenvalue weighted by Gasteiger charge is -2.36. The van der Waals surface area contributed by atoms with Crippen LogP contribution in [-0.4, -0.2) is 29.4 Å². The fourth-order valence-corrected chi connectivity index (χ4v) is 2.30. The second-order valence-corrected chi connectivity index (χ2v) is 4.21. The van der Waals surface area contributed by atoms with Gasteiger partial charge < -0.3 is 10.6 Å². The van der Waals surface area contributed by atoms with Crippen molar-refractivity contribution in [1.29, 1.82) is 0 Å². The summed E-state index contributed by atoms with van der Waals surface area (Å²) in [5.74, 6) is 0.152. The van der Waals surface area contributed by atoms with E-state index in [0.29, 0.717) is 6.04 Å². The molecule has 0 bridgehead atoms. The predicted octanol–water partition coefficient (Wildman–Crippen LogP) is 1.04. The molecule has 78 valence electrons. The molecule has 0 aliphatic carbocycles. The van der Waals surface area contributed by atoms with Crippen molar-refractivity contribution in [2.45, 2.75) is 44.2 Å². The Labute approximate surface area is 84.9 Å². The van der Waals surface area contributed by atoms with Crippen LogP contribution in [0.25, 0.3) is 0 Å². The molecule has 3 heteroatoms. The molecule has 1 saturated heterocycles. The zero-order chi connectivity index (χ0) is 9.97. The van der Waals surface area contributed by atoms with Gasteiger partial charge in [-0.1, -0.05) is 12.2 Å². The lowest BCUT2D eigenvalue weighted by atomic mass is 9.97. The molecule has 2 aliphatic heterocycles. The van der Waals surface area contributed by atoms with Gasteiger partial charge in [-0.2, -0.15) is 0 Å². The fourth-order valence-electron chi connectivity index (χ4n) is 2.30. The zero-order valence-corrected chi connectivity index (χ0v) is 8.48. The molecule has 0 aromatic carbocycles. The van der Waals surface area contributed by atoms with Crippen molar-refractivity contribution in [3.05, 3.63) is 12.2 Å². The summed E-state index contributed by atoms with van der Waals surface area (Å²) in [7, 11) is 0. The quantitative estimate of drug-likeness (QED) is 0.586. The van der Waals surface area contributed by atoms with Crippen LogP contribution in [0.1, 0.15) is 32.1 Å². The fraction of sp³-hybridized carbons (Fsp3) is 0.727. The number of carbonyl (C=O) groups is 1. The van der Waals surface area contributed by atoms with E-state index in [0.717, 1.165) is 32.2 Å². The monoisotopic (exact) mass is 194 g/mol. The molecule has 2 aliphatic rings. The average Bonchev–Trinajstić information content (AvgIpc) is 2.22. The first-order chi connectivity index (χ1) is 6.79. The largest absolute Gasteiger partial charge is 0.335 e. The number of piperidine rings is 1. The molecule has 0 spiro atoms. The second-order valence-electron chi connectivity index (χ2n) is 4.21. The van der Waals surface area contributed by atoms with Gasteiger partial charge in [-0.05, 0) is 32.1 Å². The normalized spacial score (nSPS) is 35.8. The van der Waals surface area contributed by atoms with Gasteiger partial charge in [0.15, 0.2) is 0 Å². The molecular formula is C11H18N2O. The summed E-state index contributed by atoms with van der Waals surface area (Å²) < 4.78 is 0. The first-order valence-corrected chi connectivity index (χ1v) is 5.52. The summed E-state index contributed by atoms with van der Waals surface area (Å²) in [4.78, 5) is 13.9. The number of hydrogen-bond acceptors (Lipinski definition) is 2. The highest BCUT2D eigenvalue weighted by atomic mass is 16.2. The molecule has 3 nitrogen and oxygen atoms in total. The van der Waals surface area contributed by atoms with Gasteiger partial charge in [-0.15, -0.1) is 0 Å². The molecule has 1 fully saturated rings. The third-order valence-electron chi connectivity index (χ3n) is 3.15. The number of hydrogen-bond donors (Lipinski definition) is 1. The minimum Gasteiger partial charge on any atom is -0.335 e. The minimum absolute atomic E-state index is 0.152. The maximum absolute atomic E-state index is 11.9. The Morgan fingerprint density at radius 3 is 3.07 bits per heavy atom. The van der Waals surface area contributed by atoms with E-state index in [1.54, 1.807) is 0 Å². The average molecular weight is 194 g/mol. The number of carbonyl (C=O) groups excluding carboxylic acids is 1. The van der Waals surface area contributed by atoms with E-state index in [9.17, 15) is 4.79 Å². The zero-order valence-electron chi connectivity index (χ0n) is 8.48. The van der Waals surface area contributed by atoms with Crippen molar-refractivity contribution in [3.63, 3.8) is 0 Å². The van der Waals surface area contributed by atoms with Gasteiger partial charge in [0.25, 0.3) is 0 Å². The van der Waals surface area contributed by atoms with Crippen LogP contribution in [0.3, 0.4) is 0 Å². The number of allylic oxidation sites excluding steroid dienone is 1. The van der Waals surface area contributed by atoms with E-state index in [1.165, 1.54) is 6.42 Å². The highest BCUT2D eigenvalue weighted by Gasteiger charge is 2.29. The number of fused-ring (bicyclic) bond motifs is 1. The molecular weight excluding hydrogens is 176 g/mol. The Morgan fingerprint density at radius 1 is 1.36 bits per heavy atom. The predicted molar refractivity (Wildman–Crippen MR) is 55.7 cm³/mol. The van der Waals surface area contributed by atoms with E-state index in [4.69, 9.17) is 5.73 Å². The van der Waals surface area contributed by atoms with Crippen molar-refractivity contribution < 1.29 is 4.79 Å². The van der Waals surface area contributed by atoms with Crippen LogP contribution in [0, 0.1) is 0 Å². The van der Waals surface area contributed by atoms with E-state index in [1.807, 2.05) is 4.90 Å². The third kappa shape index (κ3) is 1.82. The molecule has 0 saturated carbocycles. The Bertz CT molecular complexity index is 250. The first kappa shape index (κ1) is 9.71. The van der Waals surface area contributed by atoms with E-state index < -0.39 is 0 Å². The van der Waals surface area contributed by atoms with Crippen LogP contribution in [0.4, 0.5) is 0 Å². The number of nitrogens with zero attached hydrogens (tertiary/aromatic N) is 1. The summed E-state index contributed by atoms with van der Waals surface area (Å²) in [5, 5.41) is 0. The van der Waals surface area contributed by atoms with E-state index >= 15 is 0 Å². The van der Waals surface area contributed by atoms with Gasteiger partial charge in [0, 0.05) is 6.54 Å². The molecule has 2 atom stereocenters. The minimum atomic E-state index is -0.277. The van der Waals surface area contributed by atoms with Gasteiger partial charge in [-0.25, -0.2) is 0 Å². The molecule has 0 unspecified atom stereocenters. The topological polar surface area (TPSA) is 46.3 Å². The number of rotatable bonds is 0. The van der Waals surface area contributed by atoms with Gasteiger partial charge in [0.1, 0.15) is 0 Å². The van der Waals surface area contributed by atoms with Gasteiger partial charge in [0.2, 0.25) is 5.91 Å². The SMILES string of the molecule is N[C@H]1CC/C=C\[C@H]2CCCCN2C1=O. The van der Waals surface area contributed by atoms with Crippen LogP contribution in [-0.2, 0) is 4.79 Å². The molecule has 0 aromatic rings. The number of nitrogens with two attached hydrogens (primary N) is 1. The van der Waals surface area contributed by atoms with Gasteiger partial charge in [0.05, 0.1) is 12.1 Å². The van der Waals surface area contributed by atoms with Crippen molar-refractivity contribution in [2.75, 3.05) is 6.54 Å². The standard InChI is InChI=1S/C11H18N2O/c12-10-7-2-1-5-9-6-3-4-8-13(9)11(10)14/h1,5,9-10H,2-4,6-8,12H2/b5-1-/t9-,10-/m0/s1. The van der Waals surface area contributed by atoms with Crippen molar-refractivity contribution >= 4 is 5.91 Å². The summed E-state index contributed by atoms with van der Waals surface area (Å²) in [6.45, 7) is 0.890. The van der Waals surface area contributed by atoms with Crippen LogP contribution >= 0.6 is 0 Å². The lowest BCUT2D eigenvalue weighted by Crippen LogP contribution is -2.50. The van der Waals surface area contributed by atoms with Crippen LogP contribution in [0.2, 0.25) is 0 Å². The molecule has 2 heterocycles. The second kappa shape index (κ2) is 4.13. The van der Waals surface area contributed by atoms with Crippen LogP contribution < -0.4 is 5.73 Å². The van der Waals surface area contributed by atoms with Crippen LogP contribution in [0.15, 0.2) is 12.2 Å². The highest BCUT2D eigenvalue weighted by Crippen LogP contribution is 2.21. The summed E-state index contributed by atoms with van der Waals surface area (Å²) in [6.07, 6.45) is 9.56. The Balaban J connectivity index is 2.16. The van der Waals surface area contributed by atoms with E-state index in [-0.39, 0.29) is 11.9 Å². The highest BCUT2D eigenvalue weighted by molar-refractivity contribution is 5.82. The lowest BCUT2D eigenvalue weighted by molar-refractivity contribution is -0.135. The van der Waals surface area contributed by atoms with Gasteiger partial charge in [-0.3, -0.25) is 4.79 Å². The maximum atomic E-state index is 11.9. The molecule has 0 aromatic heterocycles. The van der Waals surface area contributed by atoms with E-state index in [2.05, 4.69) is 12.2 Å². The molecule has 1 amide bonds. The van der Waals surface area contributed by atoms with Crippen molar-refractivity contribution in [1.82, 2.24) is 4.90 Å². The Hall–Kier alpha value is -0.830. The first-order valence-electron chi connectivity index (χ1n) is 5.52. The molecule has 14 heavy (non-hydrogen) atoms. The Morgan fingerprint density at radius 2 is 2.21 bits per heavy atom. The van der Waals surface area contributed by atoms with Crippen LogP contribution in [0.5, 0.6) is 0 Å². The summed E-state index contributed by atoms with van der Waals surface area (Å²) in [6, 6.07) is 0.0446. The smallest absolute Gasteiger partial charge is 0.239 e. The molecule has 2 N–H and O–H groups in total. The number of amides is 1. The molecule has 0 radical (unpaired) electrons. The Kier molecular flexibility index (Phi) is 2.87. The summed E-state index contributed by atoms with van der Waals surface area (Å²) in [5.41, 5.74) is 5.83. The van der Waals surface area contributed by atoms with Gasteiger partial charge >= 0.3 is 0 Å². The third-order valence-corrected chi connectivity index (χ3v) is 3.15. The van der Waals surface area contributed by atoms with Crippen molar-refractivity contribution in [3.8, 4) is 0 Å². The molecule has 2 rings (SSSR count). The van der Waals surface area contributed by atoms with Crippen molar-refractivity contribution in [2.24, 2.45) is 5.73 Å². The maximum Gasteiger partial charge on any atom is 0.239 e.